The van der Waals surface area contributed by atoms with E-state index in [4.69, 9.17) is 16.3 Å². The Morgan fingerprint density at radius 2 is 2.17 bits per heavy atom. The third-order valence-corrected chi connectivity index (χ3v) is 3.95. The van der Waals surface area contributed by atoms with E-state index in [0.29, 0.717) is 24.3 Å². The highest BCUT2D eigenvalue weighted by atomic mass is 79.9. The Morgan fingerprint density at radius 3 is 2.94 bits per heavy atom. The minimum Gasteiger partial charge on any atom is -0.376 e. The maximum atomic E-state index is 14.0. The molecule has 0 saturated heterocycles. The Labute approximate surface area is 115 Å². The van der Waals surface area contributed by atoms with Crippen molar-refractivity contribution < 1.29 is 13.5 Å². The number of nitrogens with zero attached hydrogens (tertiary/aromatic N) is 1. The standard InChI is InChI=1S/C12H7BrClF2NO/c13-6-3-7(15)12-9(11(6)16)10(14)5-4-18-2-1-8(5)17-12/h3H,1-2,4H2. The zero-order chi connectivity index (χ0) is 12.9. The number of fused-ring (bicyclic) bond motifs is 2. The van der Waals surface area contributed by atoms with E-state index in [1.54, 1.807) is 0 Å². The molecule has 18 heavy (non-hydrogen) atoms. The molecule has 1 aliphatic heterocycles. The van der Waals surface area contributed by atoms with Crippen molar-refractivity contribution >= 4 is 38.4 Å². The highest BCUT2D eigenvalue weighted by molar-refractivity contribution is 9.10. The minimum absolute atomic E-state index is 0.00721. The van der Waals surface area contributed by atoms with Crippen LogP contribution in [-0.2, 0) is 17.8 Å². The van der Waals surface area contributed by atoms with Crippen molar-refractivity contribution in [3.63, 3.8) is 0 Å². The SMILES string of the molecule is Fc1cc(Br)c(F)c2c(Cl)c3c(nc12)CCOC3. The van der Waals surface area contributed by atoms with Gasteiger partial charge in [0.1, 0.15) is 11.3 Å². The summed E-state index contributed by atoms with van der Waals surface area (Å²) in [4.78, 5) is 4.18. The molecular formula is C12H7BrClF2NO. The molecule has 1 aromatic heterocycles. The number of hydrogen-bond acceptors (Lipinski definition) is 2. The van der Waals surface area contributed by atoms with E-state index >= 15 is 0 Å². The summed E-state index contributed by atoms with van der Waals surface area (Å²) in [6, 6.07) is 1.06. The average molecular weight is 335 g/mol. The maximum absolute atomic E-state index is 14.0. The summed E-state index contributed by atoms with van der Waals surface area (Å²) in [6.45, 7) is 0.799. The lowest BCUT2D eigenvalue weighted by molar-refractivity contribution is 0.109. The maximum Gasteiger partial charge on any atom is 0.150 e. The third-order valence-electron chi connectivity index (χ3n) is 2.95. The molecule has 0 bridgehead atoms. The van der Waals surface area contributed by atoms with E-state index in [1.807, 2.05) is 0 Å². The zero-order valence-corrected chi connectivity index (χ0v) is 11.4. The summed E-state index contributed by atoms with van der Waals surface area (Å²) in [7, 11) is 0. The predicted molar refractivity (Wildman–Crippen MR) is 67.7 cm³/mol. The van der Waals surface area contributed by atoms with Crippen molar-refractivity contribution in [3.8, 4) is 0 Å². The van der Waals surface area contributed by atoms with Gasteiger partial charge in [0, 0.05) is 12.0 Å². The van der Waals surface area contributed by atoms with Gasteiger partial charge in [-0.2, -0.15) is 0 Å². The second-order valence-electron chi connectivity index (χ2n) is 4.03. The van der Waals surface area contributed by atoms with Crippen LogP contribution in [0.25, 0.3) is 10.9 Å². The molecule has 2 heterocycles. The molecule has 0 radical (unpaired) electrons. The molecular weight excluding hydrogens is 327 g/mol. The summed E-state index contributed by atoms with van der Waals surface area (Å²) in [6.07, 6.45) is 0.558. The van der Waals surface area contributed by atoms with Gasteiger partial charge in [0.25, 0.3) is 0 Å². The van der Waals surface area contributed by atoms with E-state index in [9.17, 15) is 8.78 Å². The number of ether oxygens (including phenoxy) is 1. The van der Waals surface area contributed by atoms with Crippen LogP contribution < -0.4 is 0 Å². The Hall–Kier alpha value is -0.780. The molecule has 1 aliphatic rings. The Bertz CT molecular complexity index is 663. The first-order chi connectivity index (χ1) is 8.59. The van der Waals surface area contributed by atoms with Crippen LogP contribution in [0.4, 0.5) is 8.78 Å². The number of halogens is 4. The summed E-state index contributed by atoms with van der Waals surface area (Å²) in [5.74, 6) is -1.19. The van der Waals surface area contributed by atoms with Gasteiger partial charge in [-0.1, -0.05) is 11.6 Å². The molecule has 0 N–H and O–H groups in total. The first-order valence-electron chi connectivity index (χ1n) is 5.31. The van der Waals surface area contributed by atoms with Crippen LogP contribution in [0.3, 0.4) is 0 Å². The molecule has 0 saturated carbocycles. The van der Waals surface area contributed by atoms with Crippen LogP contribution in [0.2, 0.25) is 5.02 Å². The monoisotopic (exact) mass is 333 g/mol. The summed E-state index contributed by atoms with van der Waals surface area (Å²) in [5.41, 5.74) is 1.30. The minimum atomic E-state index is -0.600. The Morgan fingerprint density at radius 1 is 1.39 bits per heavy atom. The van der Waals surface area contributed by atoms with Crippen LogP contribution in [0.15, 0.2) is 10.5 Å². The van der Waals surface area contributed by atoms with Crippen LogP contribution in [0, 0.1) is 11.6 Å². The number of rotatable bonds is 0. The summed E-state index contributed by atoms with van der Waals surface area (Å²) < 4.78 is 33.2. The van der Waals surface area contributed by atoms with Gasteiger partial charge in [-0.25, -0.2) is 13.8 Å². The van der Waals surface area contributed by atoms with Crippen molar-refractivity contribution in [2.45, 2.75) is 13.0 Å². The van der Waals surface area contributed by atoms with Crippen LogP contribution in [0.5, 0.6) is 0 Å². The molecule has 2 aromatic rings. The van der Waals surface area contributed by atoms with Gasteiger partial charge in [-0.05, 0) is 22.0 Å². The highest BCUT2D eigenvalue weighted by Gasteiger charge is 2.22. The average Bonchev–Trinajstić information content (AvgIpc) is 2.36. The number of benzene rings is 1. The number of aromatic nitrogens is 1. The second kappa shape index (κ2) is 4.40. The lowest BCUT2D eigenvalue weighted by atomic mass is 10.1. The van der Waals surface area contributed by atoms with Gasteiger partial charge >= 0.3 is 0 Å². The van der Waals surface area contributed by atoms with Crippen molar-refractivity contribution in [1.29, 1.82) is 0 Å². The second-order valence-corrected chi connectivity index (χ2v) is 5.26. The van der Waals surface area contributed by atoms with Crippen LogP contribution in [-0.4, -0.2) is 11.6 Å². The number of pyridine rings is 1. The highest BCUT2D eigenvalue weighted by Crippen LogP contribution is 2.36. The van der Waals surface area contributed by atoms with Crippen molar-refractivity contribution in [2.75, 3.05) is 6.61 Å². The van der Waals surface area contributed by atoms with Crippen molar-refractivity contribution in [1.82, 2.24) is 4.98 Å². The van der Waals surface area contributed by atoms with E-state index in [2.05, 4.69) is 20.9 Å². The molecule has 94 valence electrons. The van der Waals surface area contributed by atoms with Gasteiger partial charge in [0.2, 0.25) is 0 Å². The summed E-state index contributed by atoms with van der Waals surface area (Å²) in [5, 5.41) is 0.195. The van der Waals surface area contributed by atoms with Crippen LogP contribution in [0.1, 0.15) is 11.3 Å². The predicted octanol–water partition coefficient (Wildman–Crippen LogP) is 4.00. The summed E-state index contributed by atoms with van der Waals surface area (Å²) >= 11 is 9.13. The van der Waals surface area contributed by atoms with E-state index in [1.165, 1.54) is 0 Å². The van der Waals surface area contributed by atoms with E-state index < -0.39 is 11.6 Å². The molecule has 0 amide bonds. The Balaban J connectivity index is 2.46. The fraction of sp³-hybridized carbons (Fsp3) is 0.250. The van der Waals surface area contributed by atoms with E-state index in [0.717, 1.165) is 6.07 Å². The molecule has 2 nitrogen and oxygen atoms in total. The molecule has 6 heteroatoms. The van der Waals surface area contributed by atoms with Gasteiger partial charge < -0.3 is 4.74 Å². The van der Waals surface area contributed by atoms with Crippen molar-refractivity contribution in [2.24, 2.45) is 0 Å². The molecule has 1 aromatic carbocycles. The topological polar surface area (TPSA) is 22.1 Å². The molecule has 0 aliphatic carbocycles. The molecule has 0 atom stereocenters. The molecule has 0 spiro atoms. The Kier molecular flexibility index (Phi) is 3.00. The largest absolute Gasteiger partial charge is 0.376 e. The fourth-order valence-electron chi connectivity index (χ4n) is 2.07. The molecule has 3 rings (SSSR count). The molecule has 0 fully saturated rings. The van der Waals surface area contributed by atoms with Gasteiger partial charge in [0.05, 0.1) is 33.8 Å². The first kappa shape index (κ1) is 12.3. The normalized spacial score (nSPS) is 14.9. The quantitative estimate of drug-likeness (QED) is 0.679. The van der Waals surface area contributed by atoms with Crippen molar-refractivity contribution in [3.05, 3.63) is 38.5 Å². The van der Waals surface area contributed by atoms with Crippen LogP contribution >= 0.6 is 27.5 Å². The van der Waals surface area contributed by atoms with Gasteiger partial charge in [0.15, 0.2) is 5.82 Å². The smallest absolute Gasteiger partial charge is 0.150 e. The lowest BCUT2D eigenvalue weighted by Crippen LogP contribution is -2.13. The lowest BCUT2D eigenvalue weighted by Gasteiger charge is -2.18. The zero-order valence-electron chi connectivity index (χ0n) is 9.07. The van der Waals surface area contributed by atoms with Gasteiger partial charge in [-0.3, -0.25) is 0 Å². The first-order valence-corrected chi connectivity index (χ1v) is 6.49. The third kappa shape index (κ3) is 1.73. The van der Waals surface area contributed by atoms with E-state index in [-0.39, 0.29) is 27.0 Å². The van der Waals surface area contributed by atoms with Gasteiger partial charge in [-0.15, -0.1) is 0 Å². The molecule has 0 unspecified atom stereocenters. The number of hydrogen-bond donors (Lipinski definition) is 0. The fourth-order valence-corrected chi connectivity index (χ4v) is 2.81.